The van der Waals surface area contributed by atoms with Gasteiger partial charge in [-0.3, -0.25) is 0 Å². The van der Waals surface area contributed by atoms with Crippen LogP contribution in [0.15, 0.2) is 176 Å². The first kappa shape index (κ1) is 27.0. The maximum atomic E-state index is 2.58. The number of nitrogens with zero attached hydrogens (tertiary/aromatic N) is 2. The fraction of sp³-hybridized carbons (Fsp3) is 0.0435. The van der Waals surface area contributed by atoms with Gasteiger partial charge in [-0.25, -0.2) is 0 Å². The molecule has 226 valence electrons. The Bertz CT molecular complexity index is 2650. The van der Waals surface area contributed by atoms with E-state index in [0.29, 0.717) is 0 Å². The lowest BCUT2D eigenvalue weighted by molar-refractivity contribution is 0.648. The van der Waals surface area contributed by atoms with Crippen molar-refractivity contribution in [2.24, 2.45) is 0 Å². The van der Waals surface area contributed by atoms with E-state index in [9.17, 15) is 0 Å². The van der Waals surface area contributed by atoms with Crippen LogP contribution in [0.3, 0.4) is 0 Å². The molecule has 2 heterocycles. The van der Waals surface area contributed by atoms with E-state index in [-0.39, 0.29) is 6.04 Å². The number of rotatable bonds is 4. The first-order chi connectivity index (χ1) is 23.8. The topological polar surface area (TPSA) is 9.86 Å². The largest absolute Gasteiger partial charge is 0.333 e. The Morgan fingerprint density at radius 3 is 1.42 bits per heavy atom. The molecule has 1 aliphatic carbocycles. The summed E-state index contributed by atoms with van der Waals surface area (Å²) in [6.07, 6.45) is 5.84. The van der Waals surface area contributed by atoms with Crippen LogP contribution in [0, 0.1) is 0 Å². The van der Waals surface area contributed by atoms with E-state index in [1.54, 1.807) is 0 Å². The molecule has 1 aliphatic rings. The molecule has 1 atom stereocenters. The molecule has 0 saturated carbocycles. The fourth-order valence-electron chi connectivity index (χ4n) is 8.22. The molecule has 0 fully saturated rings. The zero-order valence-electron chi connectivity index (χ0n) is 26.4. The van der Waals surface area contributed by atoms with Gasteiger partial charge in [0.1, 0.15) is 0 Å². The number of para-hydroxylation sites is 4. The average molecular weight is 613 g/mol. The highest BCUT2D eigenvalue weighted by atomic mass is 15.0. The predicted molar refractivity (Wildman–Crippen MR) is 204 cm³/mol. The lowest BCUT2D eigenvalue weighted by atomic mass is 9.88. The summed E-state index contributed by atoms with van der Waals surface area (Å²) in [5, 5.41) is 7.72. The van der Waals surface area contributed by atoms with Gasteiger partial charge in [0.05, 0.1) is 17.1 Å². The van der Waals surface area contributed by atoms with Crippen molar-refractivity contribution in [2.75, 3.05) is 0 Å². The van der Waals surface area contributed by atoms with E-state index >= 15 is 0 Å². The van der Waals surface area contributed by atoms with E-state index in [1.165, 1.54) is 82.3 Å². The minimum atomic E-state index is 0.109. The third kappa shape index (κ3) is 4.06. The van der Waals surface area contributed by atoms with E-state index in [2.05, 4.69) is 185 Å². The highest BCUT2D eigenvalue weighted by Gasteiger charge is 2.25. The molecule has 1 unspecified atom stereocenters. The molecular formula is C46H32N2. The van der Waals surface area contributed by atoms with Crippen LogP contribution in [0.1, 0.15) is 18.0 Å². The van der Waals surface area contributed by atoms with Crippen molar-refractivity contribution in [1.29, 1.82) is 0 Å². The molecule has 0 radical (unpaired) electrons. The van der Waals surface area contributed by atoms with E-state index < -0.39 is 0 Å². The van der Waals surface area contributed by atoms with Crippen molar-refractivity contribution in [2.45, 2.75) is 12.5 Å². The Labute approximate surface area is 279 Å². The van der Waals surface area contributed by atoms with Gasteiger partial charge in [0.25, 0.3) is 0 Å². The summed E-state index contributed by atoms with van der Waals surface area (Å²) < 4.78 is 5.09. The zero-order valence-corrected chi connectivity index (χ0v) is 26.4. The molecule has 0 spiro atoms. The first-order valence-electron chi connectivity index (χ1n) is 16.8. The monoisotopic (exact) mass is 612 g/mol. The van der Waals surface area contributed by atoms with Crippen molar-refractivity contribution >= 4 is 65.7 Å². The lowest BCUT2D eigenvalue weighted by Crippen LogP contribution is -2.13. The van der Waals surface area contributed by atoms with Crippen LogP contribution in [-0.2, 0) is 0 Å². The molecule has 9 aromatic rings. The molecule has 2 aromatic heterocycles. The van der Waals surface area contributed by atoms with Crippen molar-refractivity contribution in [1.82, 2.24) is 9.13 Å². The first-order valence-corrected chi connectivity index (χ1v) is 16.8. The van der Waals surface area contributed by atoms with Gasteiger partial charge < -0.3 is 9.13 Å². The minimum Gasteiger partial charge on any atom is -0.333 e. The molecule has 48 heavy (non-hydrogen) atoms. The number of aromatic nitrogens is 2. The van der Waals surface area contributed by atoms with E-state index in [0.717, 1.165) is 6.42 Å². The Kier molecular flexibility index (Phi) is 6.04. The number of fused-ring (bicyclic) bond motifs is 7. The summed E-state index contributed by atoms with van der Waals surface area (Å²) in [5.41, 5.74) is 11.3. The Morgan fingerprint density at radius 2 is 0.833 bits per heavy atom. The van der Waals surface area contributed by atoms with Crippen LogP contribution in [0.5, 0.6) is 0 Å². The summed E-state index contributed by atoms with van der Waals surface area (Å²) in [6.45, 7) is 0. The Hall–Kier alpha value is -6.12. The third-order valence-corrected chi connectivity index (χ3v) is 10.2. The highest BCUT2D eigenvalue weighted by Crippen LogP contribution is 2.44. The minimum absolute atomic E-state index is 0.109. The van der Waals surface area contributed by atoms with Gasteiger partial charge in [-0.2, -0.15) is 0 Å². The van der Waals surface area contributed by atoms with Crippen molar-refractivity contribution in [3.8, 4) is 11.1 Å². The van der Waals surface area contributed by atoms with Gasteiger partial charge in [0.2, 0.25) is 0 Å². The van der Waals surface area contributed by atoms with Gasteiger partial charge in [0, 0.05) is 44.7 Å². The molecule has 2 heteroatoms. The Morgan fingerprint density at radius 1 is 0.396 bits per heavy atom. The van der Waals surface area contributed by atoms with Gasteiger partial charge in [-0.15, -0.1) is 0 Å². The summed E-state index contributed by atoms with van der Waals surface area (Å²) >= 11 is 0. The summed E-state index contributed by atoms with van der Waals surface area (Å²) in [7, 11) is 0. The second-order valence-corrected chi connectivity index (χ2v) is 12.9. The van der Waals surface area contributed by atoms with Crippen LogP contribution < -0.4 is 0 Å². The molecule has 0 amide bonds. The Balaban J connectivity index is 1.26. The SMILES string of the molecule is C1=C(c2ccc(-c3ccccc3)c3ccccc23)C=C(n2c3ccccc3c3ccccc32)CC1n1c2ccccc2c2ccccc21. The molecule has 0 N–H and O–H groups in total. The van der Waals surface area contributed by atoms with Gasteiger partial charge >= 0.3 is 0 Å². The van der Waals surface area contributed by atoms with Crippen LogP contribution in [0.4, 0.5) is 0 Å². The molecule has 7 aromatic carbocycles. The maximum Gasteiger partial charge on any atom is 0.0586 e. The molecular weight excluding hydrogens is 581 g/mol. The number of hydrogen-bond acceptors (Lipinski definition) is 0. The van der Waals surface area contributed by atoms with Gasteiger partial charge in [-0.05, 0) is 63.4 Å². The lowest BCUT2D eigenvalue weighted by Gasteiger charge is -2.27. The van der Waals surface area contributed by atoms with Crippen LogP contribution in [0.2, 0.25) is 0 Å². The van der Waals surface area contributed by atoms with E-state index in [4.69, 9.17) is 0 Å². The maximum absolute atomic E-state index is 2.58. The smallest absolute Gasteiger partial charge is 0.0586 e. The van der Waals surface area contributed by atoms with Gasteiger partial charge in [-0.1, -0.05) is 146 Å². The predicted octanol–water partition coefficient (Wildman–Crippen LogP) is 12.3. The number of allylic oxidation sites excluding steroid dienone is 4. The zero-order chi connectivity index (χ0) is 31.6. The van der Waals surface area contributed by atoms with Gasteiger partial charge in [0.15, 0.2) is 0 Å². The standard InChI is InChI=1S/C46H32N2/c1-2-14-31(15-3-1)35-26-27-36(38-17-5-4-16-37(35)38)32-28-33(47-43-22-10-6-18-39(43)40-19-7-11-23-44(40)47)30-34(29-32)48-45-24-12-8-20-41(45)42-21-9-13-25-46(42)48/h1-29,33H,30H2. The quantitative estimate of drug-likeness (QED) is 0.187. The molecule has 2 nitrogen and oxygen atoms in total. The van der Waals surface area contributed by atoms with Crippen molar-refractivity contribution in [3.63, 3.8) is 0 Å². The highest BCUT2D eigenvalue weighted by molar-refractivity contribution is 6.12. The van der Waals surface area contributed by atoms with Crippen LogP contribution in [0.25, 0.3) is 76.8 Å². The van der Waals surface area contributed by atoms with Crippen LogP contribution in [-0.4, -0.2) is 9.13 Å². The molecule has 10 rings (SSSR count). The molecule has 0 saturated heterocycles. The number of benzene rings is 7. The normalized spacial score (nSPS) is 15.0. The molecule has 0 bridgehead atoms. The fourth-order valence-corrected chi connectivity index (χ4v) is 8.22. The summed E-state index contributed by atoms with van der Waals surface area (Å²) in [4.78, 5) is 0. The van der Waals surface area contributed by atoms with Crippen LogP contribution >= 0.6 is 0 Å². The third-order valence-electron chi connectivity index (χ3n) is 10.2. The molecule has 0 aliphatic heterocycles. The van der Waals surface area contributed by atoms with Crippen molar-refractivity contribution < 1.29 is 0 Å². The average Bonchev–Trinajstić information content (AvgIpc) is 3.68. The number of hydrogen-bond donors (Lipinski definition) is 0. The van der Waals surface area contributed by atoms with E-state index in [1.807, 2.05) is 0 Å². The second-order valence-electron chi connectivity index (χ2n) is 12.9. The second kappa shape index (κ2) is 10.7. The summed E-state index contributed by atoms with van der Waals surface area (Å²) in [6, 6.07) is 59.9. The summed E-state index contributed by atoms with van der Waals surface area (Å²) in [5.74, 6) is 0. The van der Waals surface area contributed by atoms with Crippen molar-refractivity contribution in [3.05, 3.63) is 182 Å².